The minimum atomic E-state index is -0.659. The molecule has 1 amide bonds. The molecule has 5 heteroatoms. The van der Waals surface area contributed by atoms with E-state index in [1.54, 1.807) is 0 Å². The lowest BCUT2D eigenvalue weighted by atomic mass is 10.1. The highest BCUT2D eigenvalue weighted by atomic mass is 79.9. The van der Waals surface area contributed by atoms with Gasteiger partial charge in [-0.05, 0) is 30.2 Å². The first-order chi connectivity index (χ1) is 7.54. The van der Waals surface area contributed by atoms with Crippen LogP contribution in [0.2, 0.25) is 0 Å². The zero-order chi connectivity index (χ0) is 12.1. The maximum absolute atomic E-state index is 10.8. The van der Waals surface area contributed by atoms with Crippen molar-refractivity contribution in [2.45, 2.75) is 19.4 Å². The van der Waals surface area contributed by atoms with Gasteiger partial charge in [0, 0.05) is 16.7 Å². The Hall–Kier alpha value is -1.07. The Morgan fingerprint density at radius 1 is 1.56 bits per heavy atom. The molecule has 88 valence electrons. The molecule has 0 saturated heterocycles. The van der Waals surface area contributed by atoms with Crippen molar-refractivity contribution in [3.05, 3.63) is 28.2 Å². The highest BCUT2D eigenvalue weighted by Gasteiger charge is 2.09. The van der Waals surface area contributed by atoms with Gasteiger partial charge in [0.15, 0.2) is 0 Å². The Labute approximate surface area is 104 Å². The second-order valence-electron chi connectivity index (χ2n) is 3.54. The van der Waals surface area contributed by atoms with Crippen molar-refractivity contribution in [3.63, 3.8) is 0 Å². The molecule has 1 atom stereocenters. The summed E-state index contributed by atoms with van der Waals surface area (Å²) in [4.78, 5) is 10.8. The maximum Gasteiger partial charge on any atom is 0.236 e. The molecule has 1 aromatic carbocycles. The number of aryl methyl sites for hydroxylation is 1. The van der Waals surface area contributed by atoms with Crippen molar-refractivity contribution in [1.29, 1.82) is 0 Å². The van der Waals surface area contributed by atoms with Crippen LogP contribution in [0.4, 0.5) is 5.69 Å². The number of benzene rings is 1. The highest BCUT2D eigenvalue weighted by molar-refractivity contribution is 9.10. The predicted molar refractivity (Wildman–Crippen MR) is 69.2 cm³/mol. The molecule has 0 aromatic heterocycles. The lowest BCUT2D eigenvalue weighted by molar-refractivity contribution is -0.118. The standard InChI is InChI=1S/C11H16BrN3O/c1-2-7-5-8(12)3-4-10(7)15-6-9(13)11(14)16/h3-5,9,15H,2,6,13H2,1H3,(H2,14,16). The summed E-state index contributed by atoms with van der Waals surface area (Å²) in [6.07, 6.45) is 0.910. The minimum absolute atomic E-state index is 0.351. The van der Waals surface area contributed by atoms with Gasteiger partial charge < -0.3 is 16.8 Å². The predicted octanol–water partition coefficient (Wildman–Crippen LogP) is 1.24. The minimum Gasteiger partial charge on any atom is -0.383 e. The van der Waals surface area contributed by atoms with E-state index in [1.165, 1.54) is 5.56 Å². The Bertz CT molecular complexity index is 381. The topological polar surface area (TPSA) is 81.1 Å². The average Bonchev–Trinajstić information content (AvgIpc) is 2.26. The molecule has 0 bridgehead atoms. The third-order valence-electron chi connectivity index (χ3n) is 2.33. The number of primary amides is 1. The normalized spacial score (nSPS) is 12.2. The number of rotatable bonds is 5. The molecule has 0 aliphatic rings. The Morgan fingerprint density at radius 3 is 2.81 bits per heavy atom. The van der Waals surface area contributed by atoms with Crippen LogP contribution in [0.5, 0.6) is 0 Å². The van der Waals surface area contributed by atoms with Crippen molar-refractivity contribution in [3.8, 4) is 0 Å². The monoisotopic (exact) mass is 285 g/mol. The molecule has 5 N–H and O–H groups in total. The van der Waals surface area contributed by atoms with Crippen molar-refractivity contribution in [1.82, 2.24) is 0 Å². The molecule has 1 unspecified atom stereocenters. The molecule has 16 heavy (non-hydrogen) atoms. The molecule has 0 saturated carbocycles. The van der Waals surface area contributed by atoms with Crippen molar-refractivity contribution in [2.75, 3.05) is 11.9 Å². The number of nitrogens with two attached hydrogens (primary N) is 2. The summed E-state index contributed by atoms with van der Waals surface area (Å²) < 4.78 is 1.04. The summed E-state index contributed by atoms with van der Waals surface area (Å²) in [5.74, 6) is -0.498. The number of carbonyl (C=O) groups excluding carboxylic acids is 1. The summed E-state index contributed by atoms with van der Waals surface area (Å²) in [7, 11) is 0. The second kappa shape index (κ2) is 5.86. The van der Waals surface area contributed by atoms with Crippen LogP contribution >= 0.6 is 15.9 Å². The van der Waals surface area contributed by atoms with E-state index < -0.39 is 11.9 Å². The van der Waals surface area contributed by atoms with Gasteiger partial charge in [-0.25, -0.2) is 0 Å². The van der Waals surface area contributed by atoms with E-state index in [-0.39, 0.29) is 0 Å². The number of nitrogens with one attached hydrogen (secondary N) is 1. The van der Waals surface area contributed by atoms with Crippen LogP contribution in [0.15, 0.2) is 22.7 Å². The van der Waals surface area contributed by atoms with Crippen LogP contribution < -0.4 is 16.8 Å². The van der Waals surface area contributed by atoms with Crippen LogP contribution in [-0.2, 0) is 11.2 Å². The first kappa shape index (κ1) is 13.0. The van der Waals surface area contributed by atoms with Gasteiger partial charge in [-0.2, -0.15) is 0 Å². The van der Waals surface area contributed by atoms with Gasteiger partial charge >= 0.3 is 0 Å². The Kier molecular flexibility index (Phi) is 4.76. The third kappa shape index (κ3) is 3.50. The van der Waals surface area contributed by atoms with Crippen LogP contribution in [0.25, 0.3) is 0 Å². The Balaban J connectivity index is 2.70. The summed E-state index contributed by atoms with van der Waals surface area (Å²) in [5.41, 5.74) is 12.8. The van der Waals surface area contributed by atoms with E-state index in [0.717, 1.165) is 16.6 Å². The van der Waals surface area contributed by atoms with Crippen molar-refractivity contribution in [2.24, 2.45) is 11.5 Å². The lowest BCUT2D eigenvalue weighted by Crippen LogP contribution is -2.41. The van der Waals surface area contributed by atoms with Gasteiger partial charge in [-0.1, -0.05) is 22.9 Å². The van der Waals surface area contributed by atoms with Crippen molar-refractivity contribution < 1.29 is 4.79 Å². The molecule has 0 fully saturated rings. The fourth-order valence-corrected chi connectivity index (χ4v) is 1.76. The van der Waals surface area contributed by atoms with Gasteiger partial charge in [0.2, 0.25) is 5.91 Å². The van der Waals surface area contributed by atoms with Crippen molar-refractivity contribution >= 4 is 27.5 Å². The number of carbonyl (C=O) groups is 1. The summed E-state index contributed by atoms with van der Waals surface area (Å²) in [6, 6.07) is 5.28. The van der Waals surface area contributed by atoms with E-state index in [2.05, 4.69) is 28.2 Å². The molecule has 0 aliphatic heterocycles. The van der Waals surface area contributed by atoms with Gasteiger partial charge in [0.1, 0.15) is 6.04 Å². The van der Waals surface area contributed by atoms with E-state index >= 15 is 0 Å². The maximum atomic E-state index is 10.8. The highest BCUT2D eigenvalue weighted by Crippen LogP contribution is 2.21. The van der Waals surface area contributed by atoms with Gasteiger partial charge in [-0.15, -0.1) is 0 Å². The number of anilines is 1. The molecule has 0 heterocycles. The molecule has 1 aromatic rings. The van der Waals surface area contributed by atoms with E-state index in [4.69, 9.17) is 11.5 Å². The summed E-state index contributed by atoms with van der Waals surface area (Å²) in [5, 5.41) is 3.13. The molecular formula is C11H16BrN3O. The van der Waals surface area contributed by atoms with Crippen LogP contribution in [0, 0.1) is 0 Å². The molecule has 0 radical (unpaired) electrons. The smallest absolute Gasteiger partial charge is 0.236 e. The fourth-order valence-electron chi connectivity index (χ4n) is 1.35. The Morgan fingerprint density at radius 2 is 2.25 bits per heavy atom. The number of halogens is 1. The number of amides is 1. The van der Waals surface area contributed by atoms with Crippen LogP contribution in [0.1, 0.15) is 12.5 Å². The first-order valence-electron chi connectivity index (χ1n) is 5.11. The van der Waals surface area contributed by atoms with Crippen LogP contribution in [-0.4, -0.2) is 18.5 Å². The molecule has 4 nitrogen and oxygen atoms in total. The lowest BCUT2D eigenvalue weighted by Gasteiger charge is -2.13. The molecular weight excluding hydrogens is 270 g/mol. The molecule has 1 rings (SSSR count). The fraction of sp³-hybridized carbons (Fsp3) is 0.364. The zero-order valence-corrected chi connectivity index (χ0v) is 10.8. The third-order valence-corrected chi connectivity index (χ3v) is 2.82. The largest absolute Gasteiger partial charge is 0.383 e. The van der Waals surface area contributed by atoms with E-state index in [0.29, 0.717) is 6.54 Å². The van der Waals surface area contributed by atoms with Gasteiger partial charge in [-0.3, -0.25) is 4.79 Å². The van der Waals surface area contributed by atoms with Gasteiger partial charge in [0.25, 0.3) is 0 Å². The second-order valence-corrected chi connectivity index (χ2v) is 4.46. The van der Waals surface area contributed by atoms with Gasteiger partial charge in [0.05, 0.1) is 0 Å². The summed E-state index contributed by atoms with van der Waals surface area (Å²) in [6.45, 7) is 2.42. The average molecular weight is 286 g/mol. The number of hydrogen-bond donors (Lipinski definition) is 3. The van der Waals surface area contributed by atoms with E-state index in [1.807, 2.05) is 18.2 Å². The zero-order valence-electron chi connectivity index (χ0n) is 9.16. The number of hydrogen-bond acceptors (Lipinski definition) is 3. The van der Waals surface area contributed by atoms with E-state index in [9.17, 15) is 4.79 Å². The SMILES string of the molecule is CCc1cc(Br)ccc1NCC(N)C(N)=O. The first-order valence-corrected chi connectivity index (χ1v) is 5.91. The quantitative estimate of drug-likeness (QED) is 0.761. The molecule has 0 spiro atoms. The van der Waals surface area contributed by atoms with Crippen LogP contribution in [0.3, 0.4) is 0 Å². The summed E-state index contributed by atoms with van der Waals surface area (Å²) >= 11 is 3.41. The molecule has 0 aliphatic carbocycles.